The second-order valence-corrected chi connectivity index (χ2v) is 6.42. The first-order valence-corrected chi connectivity index (χ1v) is 7.61. The number of ether oxygens (including phenoxy) is 1. The van der Waals surface area contributed by atoms with Crippen molar-refractivity contribution < 1.29 is 19.4 Å². The summed E-state index contributed by atoms with van der Waals surface area (Å²) in [4.78, 5) is 23.2. The van der Waals surface area contributed by atoms with Gasteiger partial charge in [0.15, 0.2) is 0 Å². The van der Waals surface area contributed by atoms with Crippen molar-refractivity contribution in [2.75, 3.05) is 5.32 Å². The molecular formula is C16H17NO4S. The maximum Gasteiger partial charge on any atom is 0.412 e. The van der Waals surface area contributed by atoms with Gasteiger partial charge in [0.1, 0.15) is 5.60 Å². The Morgan fingerprint density at radius 2 is 1.82 bits per heavy atom. The van der Waals surface area contributed by atoms with Gasteiger partial charge in [-0.3, -0.25) is 5.32 Å². The average molecular weight is 319 g/mol. The second-order valence-electron chi connectivity index (χ2n) is 5.68. The highest BCUT2D eigenvalue weighted by molar-refractivity contribution is 7.08. The fraction of sp³-hybridized carbons (Fsp3) is 0.250. The van der Waals surface area contributed by atoms with Crippen LogP contribution in [-0.2, 0) is 4.74 Å². The van der Waals surface area contributed by atoms with Crippen molar-refractivity contribution in [1.82, 2.24) is 0 Å². The summed E-state index contributed by atoms with van der Waals surface area (Å²) in [7, 11) is 0. The molecule has 0 saturated heterocycles. The van der Waals surface area contributed by atoms with Gasteiger partial charge in [-0.2, -0.15) is 11.3 Å². The van der Waals surface area contributed by atoms with E-state index in [0.717, 1.165) is 0 Å². The zero-order valence-corrected chi connectivity index (χ0v) is 13.4. The molecule has 2 rings (SSSR count). The summed E-state index contributed by atoms with van der Waals surface area (Å²) >= 11 is 1.30. The SMILES string of the molecule is CC(C)(C)OC(=O)Nc1ccccc1-c1cscc1C(=O)O. The van der Waals surface area contributed by atoms with E-state index < -0.39 is 17.7 Å². The summed E-state index contributed by atoms with van der Waals surface area (Å²) in [5, 5.41) is 15.2. The molecule has 22 heavy (non-hydrogen) atoms. The van der Waals surface area contributed by atoms with E-state index in [1.54, 1.807) is 55.8 Å². The van der Waals surface area contributed by atoms with Crippen molar-refractivity contribution in [3.05, 3.63) is 40.6 Å². The standard InChI is InChI=1S/C16H17NO4S/c1-16(2,3)21-15(20)17-13-7-5-4-6-10(13)11-8-22-9-12(11)14(18)19/h4-9H,1-3H3,(H,17,20)(H,18,19). The molecule has 2 N–H and O–H groups in total. The van der Waals surface area contributed by atoms with E-state index in [4.69, 9.17) is 4.74 Å². The quantitative estimate of drug-likeness (QED) is 0.875. The Kier molecular flexibility index (Phi) is 4.51. The molecule has 0 radical (unpaired) electrons. The van der Waals surface area contributed by atoms with E-state index >= 15 is 0 Å². The highest BCUT2D eigenvalue weighted by Gasteiger charge is 2.19. The molecule has 1 aromatic heterocycles. The van der Waals surface area contributed by atoms with Crippen LogP contribution in [0.25, 0.3) is 11.1 Å². The first-order chi connectivity index (χ1) is 10.3. The number of anilines is 1. The summed E-state index contributed by atoms with van der Waals surface area (Å²) < 4.78 is 5.23. The lowest BCUT2D eigenvalue weighted by Crippen LogP contribution is -2.27. The second kappa shape index (κ2) is 6.19. The number of carboxylic acid groups (broad SMARTS) is 1. The number of amides is 1. The molecule has 0 aliphatic rings. The zero-order valence-electron chi connectivity index (χ0n) is 12.5. The highest BCUT2D eigenvalue weighted by atomic mass is 32.1. The van der Waals surface area contributed by atoms with Gasteiger partial charge in [0.25, 0.3) is 0 Å². The lowest BCUT2D eigenvalue weighted by Gasteiger charge is -2.20. The lowest BCUT2D eigenvalue weighted by atomic mass is 10.0. The molecule has 0 aliphatic carbocycles. The molecule has 0 bridgehead atoms. The predicted octanol–water partition coefficient (Wildman–Crippen LogP) is 4.46. The summed E-state index contributed by atoms with van der Waals surface area (Å²) in [5.41, 5.74) is 1.34. The Balaban J connectivity index is 2.33. The van der Waals surface area contributed by atoms with E-state index in [2.05, 4.69) is 5.32 Å². The van der Waals surface area contributed by atoms with Crippen LogP contribution in [0.15, 0.2) is 35.0 Å². The summed E-state index contributed by atoms with van der Waals surface area (Å²) in [6.45, 7) is 5.33. The molecule has 5 nitrogen and oxygen atoms in total. The molecule has 1 amide bonds. The Hall–Kier alpha value is -2.34. The first kappa shape index (κ1) is 16.0. The molecule has 0 aliphatic heterocycles. The minimum absolute atomic E-state index is 0.212. The van der Waals surface area contributed by atoms with Crippen LogP contribution < -0.4 is 5.32 Å². The van der Waals surface area contributed by atoms with E-state index in [9.17, 15) is 14.7 Å². The smallest absolute Gasteiger partial charge is 0.412 e. The number of aromatic carboxylic acids is 1. The van der Waals surface area contributed by atoms with Gasteiger partial charge in [-0.05, 0) is 32.2 Å². The normalized spacial score (nSPS) is 11.0. The average Bonchev–Trinajstić information content (AvgIpc) is 2.86. The molecule has 0 spiro atoms. The predicted molar refractivity (Wildman–Crippen MR) is 86.6 cm³/mol. The van der Waals surface area contributed by atoms with E-state index in [1.165, 1.54) is 11.3 Å². The Morgan fingerprint density at radius 1 is 1.14 bits per heavy atom. The topological polar surface area (TPSA) is 75.6 Å². The van der Waals surface area contributed by atoms with Gasteiger partial charge < -0.3 is 9.84 Å². The molecule has 6 heteroatoms. The van der Waals surface area contributed by atoms with Crippen molar-refractivity contribution in [3.8, 4) is 11.1 Å². The molecule has 0 saturated carbocycles. The number of para-hydroxylation sites is 1. The monoisotopic (exact) mass is 319 g/mol. The lowest BCUT2D eigenvalue weighted by molar-refractivity contribution is 0.0634. The van der Waals surface area contributed by atoms with Crippen LogP contribution in [0.2, 0.25) is 0 Å². The number of carbonyl (C=O) groups excluding carboxylic acids is 1. The van der Waals surface area contributed by atoms with E-state index in [-0.39, 0.29) is 5.56 Å². The number of carboxylic acids is 1. The van der Waals surface area contributed by atoms with Gasteiger partial charge in [-0.1, -0.05) is 18.2 Å². The third kappa shape index (κ3) is 3.85. The molecule has 0 unspecified atom stereocenters. The molecule has 2 aromatic rings. The maximum absolute atomic E-state index is 11.9. The van der Waals surface area contributed by atoms with Crippen molar-refractivity contribution >= 4 is 29.1 Å². The number of hydrogen-bond donors (Lipinski definition) is 2. The molecule has 116 valence electrons. The van der Waals surface area contributed by atoms with Crippen molar-refractivity contribution in [2.24, 2.45) is 0 Å². The molecule has 0 atom stereocenters. The van der Waals surface area contributed by atoms with E-state index in [1.807, 2.05) is 0 Å². The fourth-order valence-electron chi connectivity index (χ4n) is 1.91. The minimum Gasteiger partial charge on any atom is -0.478 e. The van der Waals surface area contributed by atoms with Crippen molar-refractivity contribution in [1.29, 1.82) is 0 Å². The first-order valence-electron chi connectivity index (χ1n) is 6.67. The van der Waals surface area contributed by atoms with Gasteiger partial charge in [0.2, 0.25) is 0 Å². The van der Waals surface area contributed by atoms with Crippen LogP contribution in [0, 0.1) is 0 Å². The summed E-state index contributed by atoms with van der Waals surface area (Å²) in [6, 6.07) is 7.03. The van der Waals surface area contributed by atoms with Gasteiger partial charge in [0.05, 0.1) is 11.3 Å². The van der Waals surface area contributed by atoms with Crippen LogP contribution >= 0.6 is 11.3 Å². The Bertz CT molecular complexity index is 700. The largest absolute Gasteiger partial charge is 0.478 e. The van der Waals surface area contributed by atoms with Gasteiger partial charge in [0, 0.05) is 16.5 Å². The highest BCUT2D eigenvalue weighted by Crippen LogP contribution is 2.33. The van der Waals surface area contributed by atoms with Crippen molar-refractivity contribution in [2.45, 2.75) is 26.4 Å². The summed E-state index contributed by atoms with van der Waals surface area (Å²) in [5.74, 6) is -0.997. The minimum atomic E-state index is -0.997. The van der Waals surface area contributed by atoms with Crippen LogP contribution in [-0.4, -0.2) is 22.8 Å². The Morgan fingerprint density at radius 3 is 2.45 bits per heavy atom. The fourth-order valence-corrected chi connectivity index (χ4v) is 2.73. The molecule has 0 fully saturated rings. The Labute approximate surface area is 132 Å². The molecular weight excluding hydrogens is 302 g/mol. The zero-order chi connectivity index (χ0) is 16.3. The molecule has 1 aromatic carbocycles. The van der Waals surface area contributed by atoms with Gasteiger partial charge >= 0.3 is 12.1 Å². The molecule has 1 heterocycles. The van der Waals surface area contributed by atoms with Crippen LogP contribution in [0.4, 0.5) is 10.5 Å². The third-order valence-electron chi connectivity index (χ3n) is 2.75. The number of thiophene rings is 1. The maximum atomic E-state index is 11.9. The van der Waals surface area contributed by atoms with Gasteiger partial charge in [-0.15, -0.1) is 0 Å². The van der Waals surface area contributed by atoms with Crippen LogP contribution in [0.5, 0.6) is 0 Å². The number of nitrogens with one attached hydrogen (secondary N) is 1. The summed E-state index contributed by atoms with van der Waals surface area (Å²) in [6.07, 6.45) is -0.577. The van der Waals surface area contributed by atoms with Crippen LogP contribution in [0.3, 0.4) is 0 Å². The van der Waals surface area contributed by atoms with Gasteiger partial charge in [-0.25, -0.2) is 9.59 Å². The number of rotatable bonds is 3. The third-order valence-corrected chi connectivity index (χ3v) is 3.49. The number of hydrogen-bond acceptors (Lipinski definition) is 4. The van der Waals surface area contributed by atoms with E-state index in [0.29, 0.717) is 16.8 Å². The number of benzene rings is 1. The van der Waals surface area contributed by atoms with Crippen LogP contribution in [0.1, 0.15) is 31.1 Å². The number of carbonyl (C=O) groups is 2. The van der Waals surface area contributed by atoms with Crippen molar-refractivity contribution in [3.63, 3.8) is 0 Å².